The second kappa shape index (κ2) is 6.83. The third-order valence-electron chi connectivity index (χ3n) is 3.30. The zero-order valence-electron chi connectivity index (χ0n) is 11.9. The van der Waals surface area contributed by atoms with E-state index in [-0.39, 0.29) is 24.7 Å². The van der Waals surface area contributed by atoms with Crippen LogP contribution in [-0.2, 0) is 16.1 Å². The standard InChI is InChI=1S/C15H21NO4/c1-11-7-16(8-14(9-17)20-11)15(18)13-5-3-4-12(6-13)10-19-2/h3-6,11,14,17H,7-10H2,1-2H3. The van der Waals surface area contributed by atoms with Crippen LogP contribution in [0.2, 0.25) is 0 Å². The zero-order chi connectivity index (χ0) is 14.5. The van der Waals surface area contributed by atoms with Crippen LogP contribution >= 0.6 is 0 Å². The largest absolute Gasteiger partial charge is 0.394 e. The second-order valence-corrected chi connectivity index (χ2v) is 5.09. The van der Waals surface area contributed by atoms with Gasteiger partial charge in [0.2, 0.25) is 0 Å². The Morgan fingerprint density at radius 2 is 2.30 bits per heavy atom. The quantitative estimate of drug-likeness (QED) is 0.895. The fourth-order valence-electron chi connectivity index (χ4n) is 2.46. The minimum Gasteiger partial charge on any atom is -0.394 e. The van der Waals surface area contributed by atoms with E-state index in [1.165, 1.54) is 0 Å². The summed E-state index contributed by atoms with van der Waals surface area (Å²) in [5, 5.41) is 9.21. The highest BCUT2D eigenvalue weighted by Crippen LogP contribution is 2.15. The first kappa shape index (κ1) is 15.0. The predicted molar refractivity (Wildman–Crippen MR) is 74.5 cm³/mol. The van der Waals surface area contributed by atoms with Crippen molar-refractivity contribution in [1.82, 2.24) is 4.90 Å². The number of morpholine rings is 1. The first-order valence-corrected chi connectivity index (χ1v) is 6.77. The summed E-state index contributed by atoms with van der Waals surface area (Å²) in [5.74, 6) is -0.0310. The van der Waals surface area contributed by atoms with Crippen molar-refractivity contribution >= 4 is 5.91 Å². The van der Waals surface area contributed by atoms with Gasteiger partial charge < -0.3 is 19.5 Å². The van der Waals surface area contributed by atoms with Crippen LogP contribution in [0.5, 0.6) is 0 Å². The maximum atomic E-state index is 12.5. The van der Waals surface area contributed by atoms with Crippen molar-refractivity contribution in [2.75, 3.05) is 26.8 Å². The molecule has 1 fully saturated rings. The number of hydrogen-bond donors (Lipinski definition) is 1. The Hall–Kier alpha value is -1.43. The molecule has 2 atom stereocenters. The Labute approximate surface area is 119 Å². The summed E-state index contributed by atoms with van der Waals surface area (Å²) in [7, 11) is 1.63. The molecule has 0 radical (unpaired) electrons. The van der Waals surface area contributed by atoms with Gasteiger partial charge in [0.15, 0.2) is 0 Å². The Bertz CT molecular complexity index is 463. The molecule has 0 aromatic heterocycles. The van der Waals surface area contributed by atoms with Gasteiger partial charge in [-0.15, -0.1) is 0 Å². The molecule has 1 amide bonds. The molecule has 20 heavy (non-hydrogen) atoms. The Morgan fingerprint density at radius 3 is 3.00 bits per heavy atom. The summed E-state index contributed by atoms with van der Waals surface area (Å²) in [6, 6.07) is 7.43. The minimum absolute atomic E-state index is 0.0310. The Morgan fingerprint density at radius 1 is 1.50 bits per heavy atom. The van der Waals surface area contributed by atoms with Crippen molar-refractivity contribution in [3.05, 3.63) is 35.4 Å². The molecule has 1 aromatic rings. The molecule has 1 heterocycles. The van der Waals surface area contributed by atoms with Crippen LogP contribution in [-0.4, -0.2) is 54.9 Å². The van der Waals surface area contributed by atoms with Crippen LogP contribution in [0.3, 0.4) is 0 Å². The lowest BCUT2D eigenvalue weighted by atomic mass is 10.1. The average molecular weight is 279 g/mol. The first-order valence-electron chi connectivity index (χ1n) is 6.77. The molecule has 0 bridgehead atoms. The molecule has 1 aromatic carbocycles. The van der Waals surface area contributed by atoms with E-state index < -0.39 is 0 Å². The Balaban J connectivity index is 2.11. The van der Waals surface area contributed by atoms with Crippen LogP contribution in [0.4, 0.5) is 0 Å². The molecule has 5 heteroatoms. The van der Waals surface area contributed by atoms with E-state index >= 15 is 0 Å². The highest BCUT2D eigenvalue weighted by Gasteiger charge is 2.28. The maximum absolute atomic E-state index is 12.5. The number of rotatable bonds is 4. The summed E-state index contributed by atoms with van der Waals surface area (Å²) in [4.78, 5) is 14.2. The van der Waals surface area contributed by atoms with Gasteiger partial charge in [-0.25, -0.2) is 0 Å². The molecule has 110 valence electrons. The molecule has 2 rings (SSSR count). The third kappa shape index (κ3) is 3.56. The van der Waals surface area contributed by atoms with Gasteiger partial charge in [0, 0.05) is 25.8 Å². The maximum Gasteiger partial charge on any atom is 0.254 e. The van der Waals surface area contributed by atoms with E-state index in [9.17, 15) is 9.90 Å². The molecule has 0 saturated carbocycles. The molecule has 5 nitrogen and oxygen atoms in total. The van der Waals surface area contributed by atoms with E-state index in [2.05, 4.69) is 0 Å². The van der Waals surface area contributed by atoms with Gasteiger partial charge in [0.1, 0.15) is 0 Å². The SMILES string of the molecule is COCc1cccc(C(=O)N2CC(C)OC(CO)C2)c1. The number of carbonyl (C=O) groups excluding carboxylic acids is 1. The summed E-state index contributed by atoms with van der Waals surface area (Å²) in [6.45, 7) is 3.29. The number of ether oxygens (including phenoxy) is 2. The van der Waals surface area contributed by atoms with Crippen molar-refractivity contribution in [2.45, 2.75) is 25.7 Å². The van der Waals surface area contributed by atoms with Gasteiger partial charge in [-0.1, -0.05) is 12.1 Å². The van der Waals surface area contributed by atoms with Gasteiger partial charge in [0.05, 0.1) is 25.4 Å². The molecule has 0 aliphatic carbocycles. The number of benzene rings is 1. The number of amides is 1. The van der Waals surface area contributed by atoms with Crippen molar-refractivity contribution < 1.29 is 19.4 Å². The molecule has 1 N–H and O–H groups in total. The number of aliphatic hydroxyl groups excluding tert-OH is 1. The van der Waals surface area contributed by atoms with Gasteiger partial charge in [0.25, 0.3) is 5.91 Å². The lowest BCUT2D eigenvalue weighted by Crippen LogP contribution is -2.50. The van der Waals surface area contributed by atoms with Crippen molar-refractivity contribution in [1.29, 1.82) is 0 Å². The lowest BCUT2D eigenvalue weighted by Gasteiger charge is -2.36. The Kier molecular flexibility index (Phi) is 5.11. The van der Waals surface area contributed by atoms with E-state index in [0.29, 0.717) is 25.3 Å². The summed E-state index contributed by atoms with van der Waals surface area (Å²) >= 11 is 0. The highest BCUT2D eigenvalue weighted by atomic mass is 16.5. The molecular weight excluding hydrogens is 258 g/mol. The average Bonchev–Trinajstić information content (AvgIpc) is 2.46. The normalized spacial score (nSPS) is 22.9. The number of methoxy groups -OCH3 is 1. The number of nitrogens with zero attached hydrogens (tertiary/aromatic N) is 1. The second-order valence-electron chi connectivity index (χ2n) is 5.09. The zero-order valence-corrected chi connectivity index (χ0v) is 11.9. The predicted octanol–water partition coefficient (Wildman–Crippen LogP) is 1.05. The van der Waals surface area contributed by atoms with E-state index in [1.807, 2.05) is 25.1 Å². The summed E-state index contributed by atoms with van der Waals surface area (Å²) < 4.78 is 10.6. The molecule has 1 saturated heterocycles. The minimum atomic E-state index is -0.301. The molecule has 2 unspecified atom stereocenters. The summed E-state index contributed by atoms with van der Waals surface area (Å²) in [5.41, 5.74) is 1.61. The summed E-state index contributed by atoms with van der Waals surface area (Å²) in [6.07, 6.45) is -0.364. The topological polar surface area (TPSA) is 59.0 Å². The fourth-order valence-corrected chi connectivity index (χ4v) is 2.46. The van der Waals surface area contributed by atoms with Crippen LogP contribution in [0.25, 0.3) is 0 Å². The lowest BCUT2D eigenvalue weighted by molar-refractivity contribution is -0.0858. The molecule has 1 aliphatic rings. The number of hydrogen-bond acceptors (Lipinski definition) is 4. The number of carbonyl (C=O) groups is 1. The van der Waals surface area contributed by atoms with Gasteiger partial charge in [-0.3, -0.25) is 4.79 Å². The highest BCUT2D eigenvalue weighted by molar-refractivity contribution is 5.94. The van der Waals surface area contributed by atoms with E-state index in [4.69, 9.17) is 9.47 Å². The smallest absolute Gasteiger partial charge is 0.254 e. The van der Waals surface area contributed by atoms with E-state index in [1.54, 1.807) is 18.1 Å². The van der Waals surface area contributed by atoms with Crippen LogP contribution in [0.15, 0.2) is 24.3 Å². The number of aliphatic hydroxyl groups is 1. The van der Waals surface area contributed by atoms with Crippen molar-refractivity contribution in [3.63, 3.8) is 0 Å². The molecule has 0 spiro atoms. The third-order valence-corrected chi connectivity index (χ3v) is 3.30. The monoisotopic (exact) mass is 279 g/mol. The molecular formula is C15H21NO4. The first-order chi connectivity index (χ1) is 9.63. The molecule has 1 aliphatic heterocycles. The van der Waals surface area contributed by atoms with Gasteiger partial charge in [-0.05, 0) is 24.6 Å². The fraction of sp³-hybridized carbons (Fsp3) is 0.533. The van der Waals surface area contributed by atoms with Crippen LogP contribution in [0, 0.1) is 0 Å². The van der Waals surface area contributed by atoms with Crippen LogP contribution in [0.1, 0.15) is 22.8 Å². The van der Waals surface area contributed by atoms with Crippen molar-refractivity contribution in [2.24, 2.45) is 0 Å². The van der Waals surface area contributed by atoms with Gasteiger partial charge >= 0.3 is 0 Å². The van der Waals surface area contributed by atoms with Crippen LogP contribution < -0.4 is 0 Å². The van der Waals surface area contributed by atoms with Crippen molar-refractivity contribution in [3.8, 4) is 0 Å². The van der Waals surface area contributed by atoms with E-state index in [0.717, 1.165) is 5.56 Å². The van der Waals surface area contributed by atoms with Gasteiger partial charge in [-0.2, -0.15) is 0 Å².